The van der Waals surface area contributed by atoms with Crippen molar-refractivity contribution in [3.05, 3.63) is 0 Å². The van der Waals surface area contributed by atoms with Crippen molar-refractivity contribution in [3.63, 3.8) is 0 Å². The molecule has 0 aromatic carbocycles. The molecular formula is C9H16O2S. The molecule has 1 aliphatic carbocycles. The number of hydrogen-bond acceptors (Lipinski definition) is 2. The molecule has 0 aromatic rings. The minimum Gasteiger partial charge on any atom is -0.229 e. The van der Waals surface area contributed by atoms with E-state index in [2.05, 4.69) is 0 Å². The second-order valence-corrected chi connectivity index (χ2v) is 6.43. The quantitative estimate of drug-likeness (QED) is 0.628. The molecule has 2 fully saturated rings. The molecule has 12 heavy (non-hydrogen) atoms. The SMILES string of the molecule is O=S1(=O)CCC1C1CCCCC1. The predicted octanol–water partition coefficient (Wildman–Crippen LogP) is 1.75. The maximum atomic E-state index is 11.3. The Balaban J connectivity index is 2.00. The van der Waals surface area contributed by atoms with Crippen molar-refractivity contribution in [1.29, 1.82) is 0 Å². The Hall–Kier alpha value is -0.0500. The van der Waals surface area contributed by atoms with Gasteiger partial charge in [-0.3, -0.25) is 0 Å². The van der Waals surface area contributed by atoms with E-state index >= 15 is 0 Å². The summed E-state index contributed by atoms with van der Waals surface area (Å²) in [4.78, 5) is 0. The van der Waals surface area contributed by atoms with Gasteiger partial charge in [-0.15, -0.1) is 0 Å². The fourth-order valence-electron chi connectivity index (χ4n) is 2.48. The van der Waals surface area contributed by atoms with E-state index in [0.717, 1.165) is 19.3 Å². The highest BCUT2D eigenvalue weighted by atomic mass is 32.2. The van der Waals surface area contributed by atoms with E-state index in [1.54, 1.807) is 0 Å². The van der Waals surface area contributed by atoms with E-state index < -0.39 is 9.84 Å². The lowest BCUT2D eigenvalue weighted by molar-refractivity contribution is 0.324. The van der Waals surface area contributed by atoms with Crippen LogP contribution in [0.2, 0.25) is 0 Å². The summed E-state index contributed by atoms with van der Waals surface area (Å²) in [5.74, 6) is 0.964. The van der Waals surface area contributed by atoms with Crippen molar-refractivity contribution in [3.8, 4) is 0 Å². The molecule has 0 amide bonds. The first-order valence-electron chi connectivity index (χ1n) is 4.92. The van der Waals surface area contributed by atoms with E-state index in [1.165, 1.54) is 19.3 Å². The zero-order chi connectivity index (χ0) is 8.60. The van der Waals surface area contributed by atoms with Crippen molar-refractivity contribution in [2.75, 3.05) is 5.75 Å². The van der Waals surface area contributed by atoms with Gasteiger partial charge >= 0.3 is 0 Å². The van der Waals surface area contributed by atoms with Crippen molar-refractivity contribution in [2.45, 2.75) is 43.8 Å². The second-order valence-electron chi connectivity index (χ2n) is 4.09. The molecule has 1 heterocycles. The summed E-state index contributed by atoms with van der Waals surface area (Å²) in [6, 6.07) is 0. The third-order valence-corrected chi connectivity index (χ3v) is 5.67. The Morgan fingerprint density at radius 3 is 2.00 bits per heavy atom. The molecule has 1 aliphatic heterocycles. The largest absolute Gasteiger partial charge is 0.229 e. The van der Waals surface area contributed by atoms with Gasteiger partial charge in [-0.25, -0.2) is 8.42 Å². The van der Waals surface area contributed by atoms with Crippen LogP contribution in [0.4, 0.5) is 0 Å². The highest BCUT2D eigenvalue weighted by Crippen LogP contribution is 2.36. The van der Waals surface area contributed by atoms with E-state index in [-0.39, 0.29) is 5.25 Å². The second kappa shape index (κ2) is 3.02. The summed E-state index contributed by atoms with van der Waals surface area (Å²) in [5.41, 5.74) is 0. The van der Waals surface area contributed by atoms with Crippen molar-refractivity contribution in [1.82, 2.24) is 0 Å². The van der Waals surface area contributed by atoms with Gasteiger partial charge in [-0.05, 0) is 25.2 Å². The van der Waals surface area contributed by atoms with Crippen LogP contribution in [0.3, 0.4) is 0 Å². The number of sulfone groups is 1. The van der Waals surface area contributed by atoms with Crippen LogP contribution in [0.5, 0.6) is 0 Å². The summed E-state index contributed by atoms with van der Waals surface area (Å²) in [6.07, 6.45) is 7.05. The van der Waals surface area contributed by atoms with E-state index in [0.29, 0.717) is 11.7 Å². The molecule has 1 saturated heterocycles. The smallest absolute Gasteiger partial charge is 0.153 e. The van der Waals surface area contributed by atoms with Crippen LogP contribution in [0.1, 0.15) is 38.5 Å². The molecule has 1 unspecified atom stereocenters. The van der Waals surface area contributed by atoms with E-state index in [1.807, 2.05) is 0 Å². The Kier molecular flexibility index (Phi) is 2.15. The Morgan fingerprint density at radius 1 is 0.917 bits per heavy atom. The predicted molar refractivity (Wildman–Crippen MR) is 48.8 cm³/mol. The Bertz CT molecular complexity index is 250. The van der Waals surface area contributed by atoms with Crippen LogP contribution >= 0.6 is 0 Å². The molecule has 0 aromatic heterocycles. The average Bonchev–Trinajstić information content (AvgIpc) is 2.05. The molecular weight excluding hydrogens is 172 g/mol. The fraction of sp³-hybridized carbons (Fsp3) is 1.00. The van der Waals surface area contributed by atoms with Crippen LogP contribution in [-0.4, -0.2) is 19.4 Å². The lowest BCUT2D eigenvalue weighted by Gasteiger charge is -2.35. The Labute approximate surface area is 74.3 Å². The standard InChI is InChI=1S/C9H16O2S/c10-12(11)7-6-9(12)8-4-2-1-3-5-8/h8-9H,1-7H2. The van der Waals surface area contributed by atoms with Gasteiger partial charge in [0.1, 0.15) is 0 Å². The van der Waals surface area contributed by atoms with Crippen LogP contribution in [0, 0.1) is 5.92 Å². The zero-order valence-electron chi connectivity index (χ0n) is 7.33. The summed E-state index contributed by atoms with van der Waals surface area (Å²) in [6.45, 7) is 0. The van der Waals surface area contributed by atoms with Gasteiger partial charge in [0, 0.05) is 0 Å². The number of rotatable bonds is 1. The zero-order valence-corrected chi connectivity index (χ0v) is 8.15. The first-order valence-corrected chi connectivity index (χ1v) is 6.63. The van der Waals surface area contributed by atoms with Crippen LogP contribution in [0.15, 0.2) is 0 Å². The molecule has 1 atom stereocenters. The summed E-state index contributed by atoms with van der Waals surface area (Å²) >= 11 is 0. The molecule has 0 N–H and O–H groups in total. The fourth-order valence-corrected chi connectivity index (χ4v) is 4.23. The van der Waals surface area contributed by atoms with Gasteiger partial charge in [-0.2, -0.15) is 0 Å². The van der Waals surface area contributed by atoms with Gasteiger partial charge in [0.25, 0.3) is 0 Å². The van der Waals surface area contributed by atoms with Crippen LogP contribution in [-0.2, 0) is 9.84 Å². The molecule has 0 bridgehead atoms. The van der Waals surface area contributed by atoms with Crippen molar-refractivity contribution in [2.24, 2.45) is 5.92 Å². The lowest BCUT2D eigenvalue weighted by Crippen LogP contribution is -2.42. The normalized spacial score (nSPS) is 35.8. The third-order valence-electron chi connectivity index (χ3n) is 3.32. The molecule has 0 spiro atoms. The first-order chi connectivity index (χ1) is 5.70. The highest BCUT2D eigenvalue weighted by Gasteiger charge is 2.41. The highest BCUT2D eigenvalue weighted by molar-refractivity contribution is 7.93. The molecule has 1 saturated carbocycles. The molecule has 2 rings (SSSR count). The van der Waals surface area contributed by atoms with Crippen molar-refractivity contribution < 1.29 is 8.42 Å². The molecule has 0 radical (unpaired) electrons. The monoisotopic (exact) mass is 188 g/mol. The molecule has 2 aliphatic rings. The maximum absolute atomic E-state index is 11.3. The van der Waals surface area contributed by atoms with E-state index in [4.69, 9.17) is 0 Å². The van der Waals surface area contributed by atoms with Crippen molar-refractivity contribution >= 4 is 9.84 Å². The number of hydrogen-bond donors (Lipinski definition) is 0. The van der Waals surface area contributed by atoms with Gasteiger partial charge in [0.2, 0.25) is 0 Å². The summed E-state index contributed by atoms with van der Waals surface area (Å²) < 4.78 is 22.6. The molecule has 3 heteroatoms. The summed E-state index contributed by atoms with van der Waals surface area (Å²) in [5, 5.41) is 0.0535. The summed E-state index contributed by atoms with van der Waals surface area (Å²) in [7, 11) is -2.62. The lowest BCUT2D eigenvalue weighted by atomic mass is 9.85. The average molecular weight is 188 g/mol. The van der Waals surface area contributed by atoms with Gasteiger partial charge < -0.3 is 0 Å². The third kappa shape index (κ3) is 1.39. The Morgan fingerprint density at radius 2 is 1.58 bits per heavy atom. The molecule has 70 valence electrons. The minimum absolute atomic E-state index is 0.0535. The van der Waals surface area contributed by atoms with Crippen LogP contribution in [0.25, 0.3) is 0 Å². The minimum atomic E-state index is -2.62. The topological polar surface area (TPSA) is 34.1 Å². The van der Waals surface area contributed by atoms with Gasteiger partial charge in [-0.1, -0.05) is 19.3 Å². The van der Waals surface area contributed by atoms with Crippen LogP contribution < -0.4 is 0 Å². The van der Waals surface area contributed by atoms with Gasteiger partial charge in [0.15, 0.2) is 9.84 Å². The maximum Gasteiger partial charge on any atom is 0.153 e. The first kappa shape index (κ1) is 8.54. The van der Waals surface area contributed by atoms with Gasteiger partial charge in [0.05, 0.1) is 11.0 Å². The van der Waals surface area contributed by atoms with E-state index in [9.17, 15) is 8.42 Å². The molecule has 2 nitrogen and oxygen atoms in total.